The number of Topliss-reactive ketones (excluding diaryl/α,β-unsaturated/α-hetero) is 1. The molecule has 65 heavy (non-hydrogen) atoms. The van der Waals surface area contributed by atoms with Gasteiger partial charge in [-0.25, -0.2) is 4.79 Å². The molecule has 1 aromatic carbocycles. The van der Waals surface area contributed by atoms with Crippen LogP contribution in [0, 0.1) is 23.2 Å². The minimum absolute atomic E-state index is 0.00198. The van der Waals surface area contributed by atoms with Crippen LogP contribution < -0.4 is 38.1 Å². The van der Waals surface area contributed by atoms with E-state index in [1.807, 2.05) is 0 Å². The molecule has 1 aromatic rings. The van der Waals surface area contributed by atoms with E-state index in [-0.39, 0.29) is 72.9 Å². The summed E-state index contributed by atoms with van der Waals surface area (Å²) in [5.41, 5.74) is 11.2. The quantitative estimate of drug-likeness (QED) is 0.0327. The second-order valence-electron chi connectivity index (χ2n) is 17.0. The molecular weight excluding hydrogens is 889 g/mol. The van der Waals surface area contributed by atoms with Gasteiger partial charge in [0.15, 0.2) is 11.7 Å². The van der Waals surface area contributed by atoms with Gasteiger partial charge in [-0.2, -0.15) is 0 Å². The summed E-state index contributed by atoms with van der Waals surface area (Å²) in [6.45, 7) is 4.94. The van der Waals surface area contributed by atoms with E-state index in [0.717, 1.165) is 37.0 Å². The summed E-state index contributed by atoms with van der Waals surface area (Å²) in [7, 11) is 1.19. The van der Waals surface area contributed by atoms with Crippen LogP contribution >= 0.6 is 23.2 Å². The fraction of sp³-hybridized carbons (Fsp3) is 0.628. The predicted octanol–water partition coefficient (Wildman–Crippen LogP) is 2.00. The fourth-order valence-corrected chi connectivity index (χ4v) is 8.02. The molecule has 362 valence electrons. The van der Waals surface area contributed by atoms with Crippen LogP contribution in [0.5, 0.6) is 0 Å². The largest absolute Gasteiger partial charge is 0.481 e. The maximum Gasteiger partial charge on any atom is 0.326 e. The van der Waals surface area contributed by atoms with Gasteiger partial charge in [0.2, 0.25) is 35.4 Å². The maximum absolute atomic E-state index is 14.5. The Kier molecular flexibility index (Phi) is 23.7. The molecule has 6 amide bonds. The Morgan fingerprint density at radius 2 is 1.45 bits per heavy atom. The number of nitrogens with zero attached hydrogens (tertiary/aromatic N) is 1. The summed E-state index contributed by atoms with van der Waals surface area (Å²) in [4.78, 5) is 119. The van der Waals surface area contributed by atoms with Gasteiger partial charge in [0.1, 0.15) is 24.2 Å². The van der Waals surface area contributed by atoms with E-state index < -0.39 is 102 Å². The van der Waals surface area contributed by atoms with Crippen molar-refractivity contribution in [3.8, 4) is 0 Å². The molecule has 0 radical (unpaired) electrons. The number of likely N-dealkylation sites (N-methyl/N-ethyl adjacent to an activating group) is 1. The van der Waals surface area contributed by atoms with E-state index in [1.165, 1.54) is 26.1 Å². The van der Waals surface area contributed by atoms with Gasteiger partial charge >= 0.3 is 11.9 Å². The number of primary amides is 1. The minimum Gasteiger partial charge on any atom is -0.481 e. The summed E-state index contributed by atoms with van der Waals surface area (Å²) in [5, 5.41) is 40.6. The first kappa shape index (κ1) is 55.6. The monoisotopic (exact) mass is 953 g/mol. The number of ketones is 1. The van der Waals surface area contributed by atoms with E-state index in [4.69, 9.17) is 40.1 Å². The molecular formula is C43H65Cl2N9O11. The lowest BCUT2D eigenvalue weighted by Gasteiger charge is -2.34. The van der Waals surface area contributed by atoms with E-state index in [1.54, 1.807) is 19.9 Å². The molecule has 1 saturated carbocycles. The highest BCUT2D eigenvalue weighted by Crippen LogP contribution is 2.29. The number of carbonyl (C=O) groups excluding carboxylic acids is 7. The molecule has 0 spiro atoms. The zero-order valence-corrected chi connectivity index (χ0v) is 38.9. The van der Waals surface area contributed by atoms with Crippen LogP contribution in [0.25, 0.3) is 0 Å². The molecule has 0 aromatic heterocycles. The molecule has 22 heteroatoms. The third kappa shape index (κ3) is 20.5. The number of hydrogen-bond donors (Lipinski definition) is 10. The van der Waals surface area contributed by atoms with Crippen LogP contribution in [-0.2, 0) is 49.6 Å². The molecule has 0 aliphatic heterocycles. The van der Waals surface area contributed by atoms with E-state index in [0.29, 0.717) is 12.0 Å². The number of guanidine groups is 1. The second-order valence-corrected chi connectivity index (χ2v) is 17.8. The molecule has 0 heterocycles. The number of benzene rings is 1. The van der Waals surface area contributed by atoms with Crippen molar-refractivity contribution in [1.29, 1.82) is 5.41 Å². The lowest BCUT2D eigenvalue weighted by Crippen LogP contribution is -2.59. The average molecular weight is 955 g/mol. The minimum atomic E-state index is -1.72. The van der Waals surface area contributed by atoms with Crippen molar-refractivity contribution in [1.82, 2.24) is 31.5 Å². The molecule has 0 saturated heterocycles. The van der Waals surface area contributed by atoms with Crippen LogP contribution in [0.3, 0.4) is 0 Å². The Hall–Kier alpha value is -5.50. The normalized spacial score (nSPS) is 15.5. The summed E-state index contributed by atoms with van der Waals surface area (Å²) in [6, 6.07) is -2.45. The number of carboxylic acids is 2. The molecule has 20 nitrogen and oxygen atoms in total. The number of amides is 6. The topological polar surface area (TPSA) is 333 Å². The molecule has 1 aliphatic rings. The van der Waals surface area contributed by atoms with Crippen molar-refractivity contribution in [2.75, 3.05) is 13.6 Å². The number of carbonyl (C=O) groups is 9. The Balaban J connectivity index is 2.44. The summed E-state index contributed by atoms with van der Waals surface area (Å²) in [6.07, 6.45) is 2.61. The van der Waals surface area contributed by atoms with Gasteiger partial charge in [0, 0.05) is 45.7 Å². The van der Waals surface area contributed by atoms with E-state index >= 15 is 0 Å². The van der Waals surface area contributed by atoms with Crippen LogP contribution in [-0.4, -0.2) is 118 Å². The third-order valence-electron chi connectivity index (χ3n) is 11.1. The Morgan fingerprint density at radius 1 is 0.815 bits per heavy atom. The lowest BCUT2D eigenvalue weighted by molar-refractivity contribution is -0.148. The van der Waals surface area contributed by atoms with Crippen molar-refractivity contribution in [2.45, 2.75) is 141 Å². The van der Waals surface area contributed by atoms with Crippen LogP contribution in [0.1, 0.15) is 110 Å². The number of hydrogen-bond acceptors (Lipinski definition) is 10. The Labute approximate surface area is 388 Å². The number of aliphatic carboxylic acids is 2. The maximum atomic E-state index is 14.5. The summed E-state index contributed by atoms with van der Waals surface area (Å²) in [5.74, 6) is -9.96. The van der Waals surface area contributed by atoms with Crippen molar-refractivity contribution in [2.24, 2.45) is 29.2 Å². The molecule has 1 aliphatic carbocycles. The predicted molar refractivity (Wildman–Crippen MR) is 241 cm³/mol. The van der Waals surface area contributed by atoms with Crippen LogP contribution in [0.15, 0.2) is 18.2 Å². The van der Waals surface area contributed by atoms with Gasteiger partial charge in [-0.05, 0) is 61.6 Å². The van der Waals surface area contributed by atoms with Gasteiger partial charge in [-0.1, -0.05) is 75.2 Å². The standard InChI is InChI=1S/C43H65Cl2N9O11/c1-23(2)17-31(39(61)53-33(42(64)65)20-26-12-14-28(44)29(45)18-26)51-40(62)34(22-37(58)59)54(4)41(63)32(19-25-9-6-5-7-10-25)52-38(60)27(13-15-36(46)57)21-35(56)30(50-24(3)55)11-8-16-49-43(47)48/h12,14,18,23,25,27,30-34H,5-11,13,15-17,19-22H2,1-4H3,(H2,46,57)(H,50,55)(H,51,62)(H,52,60)(H,53,61)(H,58,59)(H,64,65)(H4,47,48,49)/t27-,30+,31+,32+,33+,34+/m1/s1. The number of carboxylic acid groups (broad SMARTS) is 2. The van der Waals surface area contributed by atoms with E-state index in [9.17, 15) is 53.4 Å². The Morgan fingerprint density at radius 3 is 2.00 bits per heavy atom. The van der Waals surface area contributed by atoms with Gasteiger partial charge in [-0.3, -0.25) is 43.8 Å². The zero-order valence-electron chi connectivity index (χ0n) is 37.4. The molecule has 12 N–H and O–H groups in total. The number of nitrogens with one attached hydrogen (secondary N) is 6. The zero-order chi connectivity index (χ0) is 49.0. The first-order valence-corrected chi connectivity index (χ1v) is 22.5. The fourth-order valence-electron chi connectivity index (χ4n) is 7.70. The van der Waals surface area contributed by atoms with Gasteiger partial charge in [0.25, 0.3) is 0 Å². The van der Waals surface area contributed by atoms with Crippen molar-refractivity contribution in [3.63, 3.8) is 0 Å². The van der Waals surface area contributed by atoms with Crippen LogP contribution in [0.2, 0.25) is 10.0 Å². The summed E-state index contributed by atoms with van der Waals surface area (Å²) >= 11 is 12.1. The first-order valence-electron chi connectivity index (χ1n) is 21.7. The lowest BCUT2D eigenvalue weighted by atomic mass is 9.84. The van der Waals surface area contributed by atoms with E-state index in [2.05, 4.69) is 26.6 Å². The van der Waals surface area contributed by atoms with Gasteiger partial charge < -0.3 is 53.2 Å². The Bertz CT molecular complexity index is 1880. The SMILES string of the molecule is CC(=O)N[C@@H](CCCNC(=N)N)C(=O)C[C@@H](CCC(N)=O)C(=O)N[C@@H](CC1CCCCC1)C(=O)N(C)[C@@H](CC(=O)O)C(=O)N[C@@H](CC(C)C)C(=O)N[C@@H](Cc1ccc(Cl)c(Cl)c1)C(=O)O. The van der Waals surface area contributed by atoms with Crippen LogP contribution in [0.4, 0.5) is 0 Å². The average Bonchev–Trinajstić information content (AvgIpc) is 3.22. The number of nitrogens with two attached hydrogens (primary N) is 2. The third-order valence-corrected chi connectivity index (χ3v) is 11.8. The molecule has 0 bridgehead atoms. The second kappa shape index (κ2) is 27.7. The first-order chi connectivity index (χ1) is 30.5. The van der Waals surface area contributed by atoms with Gasteiger partial charge in [-0.15, -0.1) is 0 Å². The van der Waals surface area contributed by atoms with Gasteiger partial charge in [0.05, 0.1) is 22.5 Å². The van der Waals surface area contributed by atoms with Crippen molar-refractivity contribution < 1.29 is 53.4 Å². The van der Waals surface area contributed by atoms with Crippen molar-refractivity contribution >= 4 is 82.3 Å². The molecule has 1 fully saturated rings. The molecule has 6 atom stereocenters. The highest BCUT2D eigenvalue weighted by Gasteiger charge is 2.38. The highest BCUT2D eigenvalue weighted by atomic mass is 35.5. The highest BCUT2D eigenvalue weighted by molar-refractivity contribution is 6.42. The molecule has 0 unspecified atom stereocenters. The smallest absolute Gasteiger partial charge is 0.326 e. The number of halogens is 2. The molecule has 2 rings (SSSR count). The number of rotatable bonds is 28. The summed E-state index contributed by atoms with van der Waals surface area (Å²) < 4.78 is 0. The van der Waals surface area contributed by atoms with Crippen molar-refractivity contribution in [3.05, 3.63) is 33.8 Å².